The summed E-state index contributed by atoms with van der Waals surface area (Å²) in [7, 11) is 0. The molecule has 1 N–H and O–H groups in total. The number of aryl methyl sites for hydroxylation is 1. The van der Waals surface area contributed by atoms with E-state index in [4.69, 9.17) is 9.47 Å². The Morgan fingerprint density at radius 2 is 2.10 bits per heavy atom. The SMILES string of the molecule is CCCNC(C)(COc1cc(F)ccc1C)C(=O)OCC. The number of rotatable bonds is 8. The van der Waals surface area contributed by atoms with Gasteiger partial charge in [0.2, 0.25) is 0 Å². The van der Waals surface area contributed by atoms with Crippen LogP contribution in [0.15, 0.2) is 18.2 Å². The van der Waals surface area contributed by atoms with E-state index in [1.54, 1.807) is 19.9 Å². The quantitative estimate of drug-likeness (QED) is 0.750. The van der Waals surface area contributed by atoms with Crippen molar-refractivity contribution >= 4 is 5.97 Å². The van der Waals surface area contributed by atoms with Crippen molar-refractivity contribution in [2.45, 2.75) is 39.7 Å². The molecule has 0 aliphatic rings. The highest BCUT2D eigenvalue weighted by atomic mass is 19.1. The third-order valence-electron chi connectivity index (χ3n) is 3.16. The molecule has 118 valence electrons. The molecule has 0 radical (unpaired) electrons. The highest BCUT2D eigenvalue weighted by Gasteiger charge is 2.35. The van der Waals surface area contributed by atoms with Gasteiger partial charge in [0.15, 0.2) is 0 Å². The van der Waals surface area contributed by atoms with E-state index in [2.05, 4.69) is 5.32 Å². The Labute approximate surface area is 125 Å². The summed E-state index contributed by atoms with van der Waals surface area (Å²) in [6, 6.07) is 4.34. The van der Waals surface area contributed by atoms with Crippen LogP contribution in [0.3, 0.4) is 0 Å². The van der Waals surface area contributed by atoms with Crippen LogP contribution in [0.4, 0.5) is 4.39 Å². The molecule has 0 saturated carbocycles. The van der Waals surface area contributed by atoms with Gasteiger partial charge in [0, 0.05) is 6.07 Å². The van der Waals surface area contributed by atoms with Gasteiger partial charge in [0.05, 0.1) is 6.61 Å². The summed E-state index contributed by atoms with van der Waals surface area (Å²) < 4.78 is 24.0. The summed E-state index contributed by atoms with van der Waals surface area (Å²) in [6.45, 7) is 8.38. The number of halogens is 1. The van der Waals surface area contributed by atoms with E-state index in [1.165, 1.54) is 12.1 Å². The molecule has 0 fully saturated rings. The highest BCUT2D eigenvalue weighted by Crippen LogP contribution is 2.20. The summed E-state index contributed by atoms with van der Waals surface area (Å²) in [6.07, 6.45) is 0.883. The smallest absolute Gasteiger partial charge is 0.329 e. The van der Waals surface area contributed by atoms with Crippen LogP contribution in [0.2, 0.25) is 0 Å². The van der Waals surface area contributed by atoms with E-state index in [-0.39, 0.29) is 18.4 Å². The monoisotopic (exact) mass is 297 g/mol. The molecule has 0 aliphatic carbocycles. The molecular weight excluding hydrogens is 273 g/mol. The van der Waals surface area contributed by atoms with Gasteiger partial charge in [0.25, 0.3) is 0 Å². The molecule has 0 aromatic heterocycles. The second-order valence-corrected chi connectivity index (χ2v) is 5.18. The largest absolute Gasteiger partial charge is 0.491 e. The lowest BCUT2D eigenvalue weighted by Crippen LogP contribution is -2.55. The van der Waals surface area contributed by atoms with Crippen molar-refractivity contribution in [3.8, 4) is 5.75 Å². The lowest BCUT2D eigenvalue weighted by molar-refractivity contribution is -0.151. The number of carbonyl (C=O) groups is 1. The van der Waals surface area contributed by atoms with E-state index < -0.39 is 5.54 Å². The summed E-state index contributed by atoms with van der Waals surface area (Å²) in [5, 5.41) is 3.14. The molecule has 1 aromatic rings. The maximum Gasteiger partial charge on any atom is 0.329 e. The van der Waals surface area contributed by atoms with Gasteiger partial charge in [-0.25, -0.2) is 9.18 Å². The van der Waals surface area contributed by atoms with Gasteiger partial charge in [-0.3, -0.25) is 5.32 Å². The Balaban J connectivity index is 2.81. The van der Waals surface area contributed by atoms with Crippen molar-refractivity contribution in [1.29, 1.82) is 0 Å². The second kappa shape index (κ2) is 7.98. The highest BCUT2D eigenvalue weighted by molar-refractivity contribution is 5.80. The molecule has 0 spiro atoms. The average molecular weight is 297 g/mol. The third-order valence-corrected chi connectivity index (χ3v) is 3.16. The fourth-order valence-corrected chi connectivity index (χ4v) is 1.82. The van der Waals surface area contributed by atoms with Gasteiger partial charge in [-0.1, -0.05) is 13.0 Å². The first-order valence-corrected chi connectivity index (χ1v) is 7.24. The molecule has 0 bridgehead atoms. The maximum absolute atomic E-state index is 13.3. The number of benzene rings is 1. The Hall–Kier alpha value is -1.62. The van der Waals surface area contributed by atoms with Crippen LogP contribution < -0.4 is 10.1 Å². The second-order valence-electron chi connectivity index (χ2n) is 5.18. The molecule has 21 heavy (non-hydrogen) atoms. The van der Waals surface area contributed by atoms with Gasteiger partial charge in [-0.05, 0) is 45.4 Å². The first kappa shape index (κ1) is 17.4. The Kier molecular flexibility index (Phi) is 6.62. The van der Waals surface area contributed by atoms with E-state index in [9.17, 15) is 9.18 Å². The van der Waals surface area contributed by atoms with E-state index in [0.717, 1.165) is 12.0 Å². The minimum absolute atomic E-state index is 0.0795. The molecule has 1 rings (SSSR count). The van der Waals surface area contributed by atoms with Gasteiger partial charge < -0.3 is 9.47 Å². The number of ether oxygens (including phenoxy) is 2. The van der Waals surface area contributed by atoms with Crippen molar-refractivity contribution in [2.24, 2.45) is 0 Å². The predicted octanol–water partition coefficient (Wildman–Crippen LogP) is 2.83. The standard InChI is InChI=1S/C16H24FNO3/c1-5-9-18-16(4,15(19)20-6-2)11-21-14-10-13(17)8-7-12(14)3/h7-8,10,18H,5-6,9,11H2,1-4H3. The van der Waals surface area contributed by atoms with E-state index in [1.807, 2.05) is 13.8 Å². The summed E-state index contributed by atoms with van der Waals surface area (Å²) >= 11 is 0. The number of hydrogen-bond acceptors (Lipinski definition) is 4. The first-order valence-electron chi connectivity index (χ1n) is 7.24. The molecule has 4 nitrogen and oxygen atoms in total. The Bertz CT molecular complexity index is 479. The van der Waals surface area contributed by atoms with Crippen LogP contribution >= 0.6 is 0 Å². The molecular formula is C16H24FNO3. The van der Waals surface area contributed by atoms with Crippen molar-refractivity contribution in [1.82, 2.24) is 5.32 Å². The fraction of sp³-hybridized carbons (Fsp3) is 0.562. The van der Waals surface area contributed by atoms with Crippen LogP contribution in [0.25, 0.3) is 0 Å². The molecule has 0 amide bonds. The Morgan fingerprint density at radius 3 is 2.71 bits per heavy atom. The minimum Gasteiger partial charge on any atom is -0.491 e. The van der Waals surface area contributed by atoms with Crippen molar-refractivity contribution in [3.05, 3.63) is 29.6 Å². The minimum atomic E-state index is -0.954. The molecule has 0 heterocycles. The molecule has 1 unspecified atom stereocenters. The zero-order chi connectivity index (χ0) is 15.9. The predicted molar refractivity (Wildman–Crippen MR) is 80.0 cm³/mol. The van der Waals surface area contributed by atoms with Crippen LogP contribution in [0.5, 0.6) is 5.75 Å². The first-order chi connectivity index (χ1) is 9.92. The van der Waals surface area contributed by atoms with Crippen LogP contribution in [-0.4, -0.2) is 31.3 Å². The number of esters is 1. The number of nitrogens with one attached hydrogen (secondary N) is 1. The van der Waals surface area contributed by atoms with Crippen molar-refractivity contribution < 1.29 is 18.7 Å². The molecule has 5 heteroatoms. The van der Waals surface area contributed by atoms with E-state index in [0.29, 0.717) is 18.9 Å². The number of carbonyl (C=O) groups excluding carboxylic acids is 1. The summed E-state index contributed by atoms with van der Waals surface area (Å²) in [5.41, 5.74) is -0.136. The van der Waals surface area contributed by atoms with Crippen molar-refractivity contribution in [3.63, 3.8) is 0 Å². The fourth-order valence-electron chi connectivity index (χ4n) is 1.82. The lowest BCUT2D eigenvalue weighted by atomic mass is 10.0. The van der Waals surface area contributed by atoms with Crippen molar-refractivity contribution in [2.75, 3.05) is 19.8 Å². The number of hydrogen-bond donors (Lipinski definition) is 1. The van der Waals surface area contributed by atoms with Gasteiger partial charge in [0.1, 0.15) is 23.7 Å². The normalized spacial score (nSPS) is 13.6. The molecule has 1 aromatic carbocycles. The maximum atomic E-state index is 13.3. The molecule has 0 aliphatic heterocycles. The van der Waals surface area contributed by atoms with Crippen LogP contribution in [0, 0.1) is 12.7 Å². The van der Waals surface area contributed by atoms with Crippen LogP contribution in [0.1, 0.15) is 32.8 Å². The average Bonchev–Trinajstić information content (AvgIpc) is 2.46. The molecule has 1 atom stereocenters. The summed E-state index contributed by atoms with van der Waals surface area (Å²) in [4.78, 5) is 12.1. The topological polar surface area (TPSA) is 47.6 Å². The van der Waals surface area contributed by atoms with Gasteiger partial charge in [-0.15, -0.1) is 0 Å². The van der Waals surface area contributed by atoms with Gasteiger partial charge >= 0.3 is 5.97 Å². The zero-order valence-electron chi connectivity index (χ0n) is 13.2. The zero-order valence-corrected chi connectivity index (χ0v) is 13.2. The summed E-state index contributed by atoms with van der Waals surface area (Å²) in [5.74, 6) is -0.300. The van der Waals surface area contributed by atoms with E-state index >= 15 is 0 Å². The van der Waals surface area contributed by atoms with Gasteiger partial charge in [-0.2, -0.15) is 0 Å². The lowest BCUT2D eigenvalue weighted by Gasteiger charge is -2.28. The Morgan fingerprint density at radius 1 is 1.38 bits per heavy atom. The van der Waals surface area contributed by atoms with Crippen LogP contribution in [-0.2, 0) is 9.53 Å². The molecule has 0 saturated heterocycles. The third kappa shape index (κ3) is 5.01.